The van der Waals surface area contributed by atoms with E-state index in [4.69, 9.17) is 9.15 Å². The summed E-state index contributed by atoms with van der Waals surface area (Å²) in [4.78, 5) is 29.1. The first kappa shape index (κ1) is 20.3. The monoisotopic (exact) mass is 414 g/mol. The molecule has 4 rings (SSSR count). The van der Waals surface area contributed by atoms with Crippen molar-refractivity contribution < 1.29 is 13.9 Å². The SMILES string of the molecule is Cc1ccc(C)c(OC(C)C(=O)Nc2ccc(-c3nc4ccccc4c(=O)o3)cc2)c1. The third-order valence-corrected chi connectivity index (χ3v) is 4.95. The van der Waals surface area contributed by atoms with Gasteiger partial charge in [-0.2, -0.15) is 0 Å². The number of anilines is 1. The topological polar surface area (TPSA) is 81.4 Å². The van der Waals surface area contributed by atoms with Crippen molar-refractivity contribution in [3.63, 3.8) is 0 Å². The third-order valence-electron chi connectivity index (χ3n) is 4.95. The molecule has 0 spiro atoms. The summed E-state index contributed by atoms with van der Waals surface area (Å²) in [5.41, 5.74) is 3.42. The Bertz CT molecular complexity index is 1310. The van der Waals surface area contributed by atoms with Crippen molar-refractivity contribution in [2.75, 3.05) is 5.32 Å². The normalized spacial score (nSPS) is 11.8. The molecule has 0 bridgehead atoms. The summed E-state index contributed by atoms with van der Waals surface area (Å²) < 4.78 is 11.2. The first-order chi connectivity index (χ1) is 14.9. The molecular formula is C25H22N2O4. The molecule has 1 atom stereocenters. The lowest BCUT2D eigenvalue weighted by molar-refractivity contribution is -0.122. The summed E-state index contributed by atoms with van der Waals surface area (Å²) in [5.74, 6) is 0.660. The van der Waals surface area contributed by atoms with Crippen LogP contribution in [0, 0.1) is 13.8 Å². The number of ether oxygens (including phenoxy) is 1. The second-order valence-electron chi connectivity index (χ2n) is 7.42. The van der Waals surface area contributed by atoms with E-state index < -0.39 is 11.7 Å². The molecule has 0 fully saturated rings. The summed E-state index contributed by atoms with van der Waals surface area (Å²) in [5, 5.41) is 3.28. The van der Waals surface area contributed by atoms with E-state index in [1.165, 1.54) is 0 Å². The number of carbonyl (C=O) groups is 1. The average Bonchev–Trinajstić information content (AvgIpc) is 2.76. The quantitative estimate of drug-likeness (QED) is 0.503. The van der Waals surface area contributed by atoms with Gasteiger partial charge in [-0.15, -0.1) is 0 Å². The van der Waals surface area contributed by atoms with E-state index in [-0.39, 0.29) is 11.8 Å². The number of benzene rings is 3. The molecule has 6 nitrogen and oxygen atoms in total. The second kappa shape index (κ2) is 8.44. The van der Waals surface area contributed by atoms with Crippen LogP contribution in [0.3, 0.4) is 0 Å². The molecule has 1 N–H and O–H groups in total. The van der Waals surface area contributed by atoms with Gasteiger partial charge >= 0.3 is 5.63 Å². The van der Waals surface area contributed by atoms with Gasteiger partial charge in [0.1, 0.15) is 5.75 Å². The van der Waals surface area contributed by atoms with Crippen molar-refractivity contribution >= 4 is 22.5 Å². The molecule has 1 amide bonds. The number of rotatable bonds is 5. The fourth-order valence-corrected chi connectivity index (χ4v) is 3.16. The number of nitrogens with zero attached hydrogens (tertiary/aromatic N) is 1. The molecule has 6 heteroatoms. The molecule has 3 aromatic carbocycles. The minimum atomic E-state index is -0.666. The molecule has 0 radical (unpaired) electrons. The standard InChI is InChI=1S/C25H22N2O4/c1-15-8-9-16(2)22(14-15)30-17(3)23(28)26-19-12-10-18(11-13-19)24-27-21-7-5-4-6-20(21)25(29)31-24/h4-14,17H,1-3H3,(H,26,28). The van der Waals surface area contributed by atoms with Gasteiger partial charge in [0.2, 0.25) is 5.89 Å². The molecule has 1 unspecified atom stereocenters. The maximum Gasteiger partial charge on any atom is 0.347 e. The minimum absolute atomic E-state index is 0.230. The average molecular weight is 414 g/mol. The third kappa shape index (κ3) is 4.48. The number of nitrogens with one attached hydrogen (secondary N) is 1. The van der Waals surface area contributed by atoms with E-state index in [9.17, 15) is 9.59 Å². The van der Waals surface area contributed by atoms with Crippen LogP contribution in [0.2, 0.25) is 0 Å². The predicted molar refractivity (Wildman–Crippen MR) is 120 cm³/mol. The highest BCUT2D eigenvalue weighted by atomic mass is 16.5. The van der Waals surface area contributed by atoms with Crippen LogP contribution in [0.4, 0.5) is 5.69 Å². The Morgan fingerprint density at radius 3 is 2.55 bits per heavy atom. The lowest BCUT2D eigenvalue weighted by Gasteiger charge is -2.17. The van der Waals surface area contributed by atoms with Crippen LogP contribution >= 0.6 is 0 Å². The molecule has 4 aromatic rings. The van der Waals surface area contributed by atoms with Crippen LogP contribution in [0.15, 0.2) is 75.9 Å². The van der Waals surface area contributed by atoms with Crippen LogP contribution in [0.25, 0.3) is 22.4 Å². The zero-order valence-electron chi connectivity index (χ0n) is 17.5. The van der Waals surface area contributed by atoms with E-state index in [0.29, 0.717) is 27.9 Å². The molecule has 1 aromatic heterocycles. The van der Waals surface area contributed by atoms with Crippen LogP contribution in [0.1, 0.15) is 18.1 Å². The van der Waals surface area contributed by atoms with Crippen molar-refractivity contribution in [3.05, 3.63) is 88.3 Å². The molecule has 0 saturated heterocycles. The Labute approximate surface area is 179 Å². The van der Waals surface area contributed by atoms with Gasteiger partial charge in [-0.3, -0.25) is 4.79 Å². The number of carbonyl (C=O) groups excluding carboxylic acids is 1. The van der Waals surface area contributed by atoms with Gasteiger partial charge in [0, 0.05) is 11.3 Å². The predicted octanol–water partition coefficient (Wildman–Crippen LogP) is 4.88. The summed E-state index contributed by atoms with van der Waals surface area (Å²) in [7, 11) is 0. The number of fused-ring (bicyclic) bond motifs is 1. The van der Waals surface area contributed by atoms with E-state index in [1.54, 1.807) is 49.4 Å². The molecular weight excluding hydrogens is 392 g/mol. The van der Waals surface area contributed by atoms with Gasteiger partial charge in [0.25, 0.3) is 5.91 Å². The highest BCUT2D eigenvalue weighted by molar-refractivity contribution is 5.94. The number of hydrogen-bond donors (Lipinski definition) is 1. The number of hydrogen-bond acceptors (Lipinski definition) is 5. The van der Waals surface area contributed by atoms with Crippen molar-refractivity contribution in [1.29, 1.82) is 0 Å². The molecule has 156 valence electrons. The maximum atomic E-state index is 12.6. The summed E-state index contributed by atoms with van der Waals surface area (Å²) in [6.07, 6.45) is -0.666. The Kier molecular flexibility index (Phi) is 5.54. The smallest absolute Gasteiger partial charge is 0.347 e. The fourth-order valence-electron chi connectivity index (χ4n) is 3.16. The molecule has 0 aliphatic rings. The number of aromatic nitrogens is 1. The van der Waals surface area contributed by atoms with E-state index >= 15 is 0 Å². The Morgan fingerprint density at radius 2 is 1.77 bits per heavy atom. The number of para-hydroxylation sites is 1. The lowest BCUT2D eigenvalue weighted by Crippen LogP contribution is -2.30. The maximum absolute atomic E-state index is 12.6. The Balaban J connectivity index is 1.48. The molecule has 0 aliphatic carbocycles. The van der Waals surface area contributed by atoms with Gasteiger partial charge in [-0.25, -0.2) is 9.78 Å². The summed E-state index contributed by atoms with van der Waals surface area (Å²) in [6, 6.07) is 19.9. The minimum Gasteiger partial charge on any atom is -0.481 e. The Hall–Kier alpha value is -3.93. The largest absolute Gasteiger partial charge is 0.481 e. The molecule has 1 heterocycles. The first-order valence-electron chi connectivity index (χ1n) is 9.96. The number of amides is 1. The van der Waals surface area contributed by atoms with E-state index in [0.717, 1.165) is 11.1 Å². The van der Waals surface area contributed by atoms with Crippen LogP contribution in [-0.4, -0.2) is 17.0 Å². The second-order valence-corrected chi connectivity index (χ2v) is 7.42. The van der Waals surface area contributed by atoms with Gasteiger partial charge in [-0.05, 0) is 74.4 Å². The number of aryl methyl sites for hydroxylation is 2. The van der Waals surface area contributed by atoms with Gasteiger partial charge < -0.3 is 14.5 Å². The van der Waals surface area contributed by atoms with Crippen molar-refractivity contribution in [2.24, 2.45) is 0 Å². The van der Waals surface area contributed by atoms with Gasteiger partial charge in [0.15, 0.2) is 6.10 Å². The highest BCUT2D eigenvalue weighted by Crippen LogP contribution is 2.23. The van der Waals surface area contributed by atoms with Gasteiger partial charge in [0.05, 0.1) is 10.9 Å². The summed E-state index contributed by atoms with van der Waals surface area (Å²) >= 11 is 0. The van der Waals surface area contributed by atoms with Crippen molar-refractivity contribution in [2.45, 2.75) is 26.9 Å². The Morgan fingerprint density at radius 1 is 1.03 bits per heavy atom. The van der Waals surface area contributed by atoms with Gasteiger partial charge in [-0.1, -0.05) is 24.3 Å². The van der Waals surface area contributed by atoms with E-state index in [2.05, 4.69) is 10.3 Å². The van der Waals surface area contributed by atoms with Crippen LogP contribution in [0.5, 0.6) is 5.75 Å². The molecule has 0 aliphatic heterocycles. The summed E-state index contributed by atoms with van der Waals surface area (Å²) in [6.45, 7) is 5.63. The van der Waals surface area contributed by atoms with Crippen LogP contribution in [-0.2, 0) is 4.79 Å². The zero-order valence-corrected chi connectivity index (χ0v) is 17.5. The first-order valence-corrected chi connectivity index (χ1v) is 9.96. The fraction of sp³-hybridized carbons (Fsp3) is 0.160. The lowest BCUT2D eigenvalue weighted by atomic mass is 10.1. The van der Waals surface area contributed by atoms with Crippen molar-refractivity contribution in [3.8, 4) is 17.2 Å². The van der Waals surface area contributed by atoms with E-state index in [1.807, 2.05) is 38.1 Å². The van der Waals surface area contributed by atoms with Crippen molar-refractivity contribution in [1.82, 2.24) is 4.98 Å². The zero-order chi connectivity index (χ0) is 22.0. The molecule has 0 saturated carbocycles. The highest BCUT2D eigenvalue weighted by Gasteiger charge is 2.16. The van der Waals surface area contributed by atoms with Crippen LogP contribution < -0.4 is 15.7 Å². The molecule has 31 heavy (non-hydrogen) atoms.